The highest BCUT2D eigenvalue weighted by molar-refractivity contribution is 6.29. The van der Waals surface area contributed by atoms with Gasteiger partial charge in [-0.25, -0.2) is 4.98 Å². The van der Waals surface area contributed by atoms with E-state index in [4.69, 9.17) is 11.6 Å². The molecule has 0 unspecified atom stereocenters. The Hall–Kier alpha value is -2.21. The van der Waals surface area contributed by atoms with Crippen molar-refractivity contribution >= 4 is 11.6 Å². The van der Waals surface area contributed by atoms with Gasteiger partial charge in [-0.2, -0.15) is 5.10 Å². The van der Waals surface area contributed by atoms with Crippen LogP contribution in [0.5, 0.6) is 0 Å². The van der Waals surface area contributed by atoms with Gasteiger partial charge in [0, 0.05) is 31.3 Å². The summed E-state index contributed by atoms with van der Waals surface area (Å²) in [4.78, 5) is 4.45. The van der Waals surface area contributed by atoms with Gasteiger partial charge in [0.2, 0.25) is 0 Å². The number of pyridine rings is 1. The fraction of sp³-hybridized carbons (Fsp3) is 0.333. The number of rotatable bonds is 3. The molecule has 0 saturated heterocycles. The monoisotopic (exact) mass is 314 g/mol. The fourth-order valence-corrected chi connectivity index (χ4v) is 2.93. The van der Waals surface area contributed by atoms with E-state index in [9.17, 15) is 0 Å². The minimum absolute atomic E-state index is 0.518. The molecular weight excluding hydrogens is 300 g/mol. The van der Waals surface area contributed by atoms with Crippen molar-refractivity contribution in [1.82, 2.24) is 29.5 Å². The van der Waals surface area contributed by atoms with Crippen molar-refractivity contribution in [3.8, 4) is 22.6 Å². The van der Waals surface area contributed by atoms with Gasteiger partial charge >= 0.3 is 0 Å². The van der Waals surface area contributed by atoms with Crippen molar-refractivity contribution in [3.05, 3.63) is 35.5 Å². The van der Waals surface area contributed by atoms with Crippen LogP contribution in [0.2, 0.25) is 5.15 Å². The number of halogens is 1. The third kappa shape index (κ3) is 2.20. The van der Waals surface area contributed by atoms with E-state index in [1.165, 1.54) is 12.8 Å². The lowest BCUT2D eigenvalue weighted by Crippen LogP contribution is -1.98. The third-order valence-corrected chi connectivity index (χ3v) is 4.17. The van der Waals surface area contributed by atoms with Crippen LogP contribution in [0.15, 0.2) is 24.7 Å². The minimum Gasteiger partial charge on any atom is -0.317 e. The van der Waals surface area contributed by atoms with Crippen LogP contribution in [0.25, 0.3) is 22.6 Å². The van der Waals surface area contributed by atoms with E-state index in [-0.39, 0.29) is 0 Å². The summed E-state index contributed by atoms with van der Waals surface area (Å²) < 4.78 is 3.72. The summed E-state index contributed by atoms with van der Waals surface area (Å²) in [5, 5.41) is 13.0. The van der Waals surface area contributed by atoms with Gasteiger partial charge in [-0.05, 0) is 25.0 Å². The number of hydrogen-bond donors (Lipinski definition) is 0. The molecule has 22 heavy (non-hydrogen) atoms. The Bertz CT molecular complexity index is 846. The number of aryl methyl sites for hydroxylation is 2. The molecule has 3 heterocycles. The summed E-state index contributed by atoms with van der Waals surface area (Å²) in [6.07, 6.45) is 5.87. The van der Waals surface area contributed by atoms with Crippen LogP contribution in [-0.2, 0) is 14.1 Å². The Morgan fingerprint density at radius 2 is 2.05 bits per heavy atom. The summed E-state index contributed by atoms with van der Waals surface area (Å²) in [5.41, 5.74) is 3.99. The lowest BCUT2D eigenvalue weighted by molar-refractivity contribution is 0.775. The number of hydrogen-bond acceptors (Lipinski definition) is 4. The highest BCUT2D eigenvalue weighted by atomic mass is 35.5. The summed E-state index contributed by atoms with van der Waals surface area (Å²) in [5.74, 6) is 1.33. The van der Waals surface area contributed by atoms with Crippen molar-refractivity contribution < 1.29 is 0 Å². The van der Waals surface area contributed by atoms with E-state index in [1.807, 2.05) is 35.6 Å². The van der Waals surface area contributed by atoms with E-state index in [0.717, 1.165) is 28.3 Å². The normalized spacial score (nSPS) is 14.5. The van der Waals surface area contributed by atoms with Gasteiger partial charge in [0.05, 0.1) is 17.5 Å². The molecule has 1 aliphatic carbocycles. The van der Waals surface area contributed by atoms with Gasteiger partial charge in [0.1, 0.15) is 11.5 Å². The third-order valence-electron chi connectivity index (χ3n) is 3.97. The Balaban J connectivity index is 1.90. The van der Waals surface area contributed by atoms with Crippen molar-refractivity contribution in [3.63, 3.8) is 0 Å². The smallest absolute Gasteiger partial charge is 0.167 e. The van der Waals surface area contributed by atoms with E-state index in [1.54, 1.807) is 6.33 Å². The standard InChI is InChI=1S/C15H15ClN6/c1-21-8-17-20-15(21)11-7-18-22(2)14(11)10-5-12(9-3-4-9)19-13(16)6-10/h5-9H,3-4H2,1-2H3. The topological polar surface area (TPSA) is 61.4 Å². The van der Waals surface area contributed by atoms with Crippen molar-refractivity contribution in [1.29, 1.82) is 0 Å². The molecule has 0 N–H and O–H groups in total. The molecule has 0 radical (unpaired) electrons. The van der Waals surface area contributed by atoms with Crippen LogP contribution >= 0.6 is 11.6 Å². The zero-order chi connectivity index (χ0) is 15.3. The first-order chi connectivity index (χ1) is 10.6. The minimum atomic E-state index is 0.518. The molecule has 1 fully saturated rings. The van der Waals surface area contributed by atoms with E-state index < -0.39 is 0 Å². The van der Waals surface area contributed by atoms with Gasteiger partial charge in [-0.3, -0.25) is 4.68 Å². The molecule has 3 aromatic rings. The summed E-state index contributed by atoms with van der Waals surface area (Å²) in [6.45, 7) is 0. The number of aromatic nitrogens is 6. The molecule has 0 amide bonds. The summed E-state index contributed by atoms with van der Waals surface area (Å²) >= 11 is 6.23. The Kier molecular flexibility index (Phi) is 3.00. The highest BCUT2D eigenvalue weighted by Crippen LogP contribution is 2.41. The average molecular weight is 315 g/mol. The van der Waals surface area contributed by atoms with Crippen molar-refractivity contribution in [2.75, 3.05) is 0 Å². The zero-order valence-electron chi connectivity index (χ0n) is 12.4. The van der Waals surface area contributed by atoms with Crippen LogP contribution in [0, 0.1) is 0 Å². The summed E-state index contributed by atoms with van der Waals surface area (Å²) in [6, 6.07) is 3.99. The quantitative estimate of drug-likeness (QED) is 0.697. The molecule has 0 spiro atoms. The first-order valence-corrected chi connectivity index (χ1v) is 7.55. The maximum atomic E-state index is 6.23. The molecule has 6 nitrogen and oxygen atoms in total. The van der Waals surface area contributed by atoms with Gasteiger partial charge in [-0.15, -0.1) is 10.2 Å². The molecule has 3 aromatic heterocycles. The lowest BCUT2D eigenvalue weighted by Gasteiger charge is -2.08. The predicted octanol–water partition coefficient (Wildman–Crippen LogP) is 2.81. The second-order valence-corrected chi connectivity index (χ2v) is 6.06. The van der Waals surface area contributed by atoms with Gasteiger partial charge in [-0.1, -0.05) is 11.6 Å². The fourth-order valence-electron chi connectivity index (χ4n) is 2.71. The molecule has 0 aliphatic heterocycles. The molecule has 112 valence electrons. The first kappa shape index (κ1) is 13.5. The molecule has 0 atom stereocenters. The van der Waals surface area contributed by atoms with Crippen LogP contribution in [-0.4, -0.2) is 29.5 Å². The molecule has 0 bridgehead atoms. The SMILES string of the molecule is Cn1cnnc1-c1cnn(C)c1-c1cc(Cl)nc(C2CC2)c1. The largest absolute Gasteiger partial charge is 0.317 e. The second kappa shape index (κ2) is 4.91. The van der Waals surface area contributed by atoms with Crippen LogP contribution in [0.4, 0.5) is 0 Å². The van der Waals surface area contributed by atoms with Crippen LogP contribution < -0.4 is 0 Å². The maximum absolute atomic E-state index is 6.23. The zero-order valence-corrected chi connectivity index (χ0v) is 13.1. The number of nitrogens with zero attached hydrogens (tertiary/aromatic N) is 6. The molecule has 4 rings (SSSR count). The van der Waals surface area contributed by atoms with Gasteiger partial charge in [0.15, 0.2) is 5.82 Å². The molecule has 7 heteroatoms. The van der Waals surface area contributed by atoms with E-state index in [2.05, 4.69) is 26.3 Å². The Morgan fingerprint density at radius 3 is 2.73 bits per heavy atom. The highest BCUT2D eigenvalue weighted by Gasteiger charge is 2.27. The van der Waals surface area contributed by atoms with Crippen molar-refractivity contribution in [2.45, 2.75) is 18.8 Å². The second-order valence-electron chi connectivity index (χ2n) is 5.67. The van der Waals surface area contributed by atoms with Gasteiger partial charge in [0.25, 0.3) is 0 Å². The Labute approximate surface area is 132 Å². The summed E-state index contributed by atoms with van der Waals surface area (Å²) in [7, 11) is 3.83. The first-order valence-electron chi connectivity index (χ1n) is 7.17. The predicted molar refractivity (Wildman–Crippen MR) is 83.4 cm³/mol. The molecular formula is C15H15ClN6. The van der Waals surface area contributed by atoms with Crippen molar-refractivity contribution in [2.24, 2.45) is 14.1 Å². The van der Waals surface area contributed by atoms with Crippen LogP contribution in [0.3, 0.4) is 0 Å². The lowest BCUT2D eigenvalue weighted by atomic mass is 10.1. The van der Waals surface area contributed by atoms with E-state index >= 15 is 0 Å². The average Bonchev–Trinajstić information content (AvgIpc) is 3.15. The van der Waals surface area contributed by atoms with Gasteiger partial charge < -0.3 is 4.57 Å². The molecule has 1 saturated carbocycles. The molecule has 0 aromatic carbocycles. The Morgan fingerprint density at radius 1 is 1.23 bits per heavy atom. The molecule has 1 aliphatic rings. The maximum Gasteiger partial charge on any atom is 0.167 e. The van der Waals surface area contributed by atoms with Crippen LogP contribution in [0.1, 0.15) is 24.5 Å². The van der Waals surface area contributed by atoms with E-state index in [0.29, 0.717) is 11.1 Å².